The van der Waals surface area contributed by atoms with Gasteiger partial charge in [0.25, 0.3) is 0 Å². The van der Waals surface area contributed by atoms with Crippen LogP contribution in [-0.2, 0) is 14.6 Å². The van der Waals surface area contributed by atoms with Gasteiger partial charge in [-0.05, 0) is 19.3 Å². The second-order valence-electron chi connectivity index (χ2n) is 13.0. The Morgan fingerprint density at radius 3 is 1.14 bits per heavy atom. The third-order valence-electron chi connectivity index (χ3n) is 8.74. The Hall–Kier alpha value is 1.25. The Kier molecular flexibility index (Phi) is 40.7. The fourth-order valence-corrected chi connectivity index (χ4v) is 6.27. The van der Waals surface area contributed by atoms with Gasteiger partial charge in [0.1, 0.15) is 0 Å². The summed E-state index contributed by atoms with van der Waals surface area (Å²) in [4.78, 5) is 0. The summed E-state index contributed by atoms with van der Waals surface area (Å²) in [5, 5.41) is 0. The predicted molar refractivity (Wildman–Crippen MR) is 183 cm³/mol. The Morgan fingerprint density at radius 1 is 0.512 bits per heavy atom. The van der Waals surface area contributed by atoms with Crippen LogP contribution < -0.4 is 51.4 Å². The van der Waals surface area contributed by atoms with Crippen molar-refractivity contribution in [1.82, 2.24) is 0 Å². The van der Waals surface area contributed by atoms with E-state index in [1.807, 2.05) is 0 Å². The molecule has 0 amide bonds. The Balaban J connectivity index is 0. The van der Waals surface area contributed by atoms with Crippen molar-refractivity contribution in [1.29, 1.82) is 0 Å². The fraction of sp³-hybridized carbons (Fsp3) is 0.946. The van der Waals surface area contributed by atoms with E-state index < -0.39 is 10.4 Å². The molecule has 0 fully saturated rings. The molecular weight excluding hydrogens is 580 g/mol. The molecule has 4 nitrogen and oxygen atoms in total. The van der Waals surface area contributed by atoms with Gasteiger partial charge < -0.3 is 4.55 Å². The van der Waals surface area contributed by atoms with Crippen molar-refractivity contribution in [2.24, 2.45) is 5.92 Å². The van der Waals surface area contributed by atoms with E-state index in [0.717, 1.165) is 19.3 Å². The van der Waals surface area contributed by atoms with Crippen LogP contribution in [0, 0.1) is 5.92 Å². The molecule has 0 saturated carbocycles. The molecule has 0 bridgehead atoms. The summed E-state index contributed by atoms with van der Waals surface area (Å²) in [5.41, 5.74) is 0. The molecule has 43 heavy (non-hydrogen) atoms. The van der Waals surface area contributed by atoms with E-state index in [4.69, 9.17) is 0 Å². The molecule has 0 spiro atoms. The van der Waals surface area contributed by atoms with Gasteiger partial charge in [0.2, 0.25) is 10.4 Å². The SMILES string of the molecule is CCCCCCCCCCCCCCCC/C=C/C(CCCCCCCCCCCCCCCCC)COS(=O)(=O)[O-].[K+]. The molecule has 1 unspecified atom stereocenters. The average Bonchev–Trinajstić information content (AvgIpc) is 2.96. The minimum atomic E-state index is -4.62. The molecule has 0 aromatic carbocycles. The maximum absolute atomic E-state index is 11.0. The van der Waals surface area contributed by atoms with Crippen molar-refractivity contribution in [3.8, 4) is 0 Å². The predicted octanol–water partition coefficient (Wildman–Crippen LogP) is 9.77. The number of hydrogen-bond donors (Lipinski definition) is 0. The van der Waals surface area contributed by atoms with Crippen LogP contribution in [0.25, 0.3) is 0 Å². The summed E-state index contributed by atoms with van der Waals surface area (Å²) in [5.74, 6) is 0.0161. The van der Waals surface area contributed by atoms with Gasteiger partial charge in [0.05, 0.1) is 6.61 Å². The molecule has 0 aromatic rings. The second kappa shape index (κ2) is 37.7. The van der Waals surface area contributed by atoms with Crippen molar-refractivity contribution < 1.29 is 68.5 Å². The third-order valence-corrected chi connectivity index (χ3v) is 9.16. The zero-order valence-electron chi connectivity index (χ0n) is 29.4. The Bertz CT molecular complexity index is 653. The van der Waals surface area contributed by atoms with E-state index in [1.165, 1.54) is 180 Å². The zero-order chi connectivity index (χ0) is 30.8. The number of unbranched alkanes of at least 4 members (excludes halogenated alkanes) is 28. The van der Waals surface area contributed by atoms with E-state index in [0.29, 0.717) is 0 Å². The first kappa shape index (κ1) is 46.4. The maximum Gasteiger partial charge on any atom is 1.00 e. The van der Waals surface area contributed by atoms with Gasteiger partial charge in [-0.2, -0.15) is 0 Å². The molecular formula is C37H73KO4S. The van der Waals surface area contributed by atoms with Crippen molar-refractivity contribution in [3.05, 3.63) is 12.2 Å². The van der Waals surface area contributed by atoms with Crippen molar-refractivity contribution in [2.45, 2.75) is 213 Å². The average molecular weight is 653 g/mol. The summed E-state index contributed by atoms with van der Waals surface area (Å²) in [7, 11) is -4.62. The van der Waals surface area contributed by atoms with E-state index in [2.05, 4.69) is 30.2 Å². The summed E-state index contributed by atoms with van der Waals surface area (Å²) >= 11 is 0. The third kappa shape index (κ3) is 41.2. The molecule has 0 heterocycles. The molecule has 252 valence electrons. The van der Waals surface area contributed by atoms with Gasteiger partial charge >= 0.3 is 51.4 Å². The minimum Gasteiger partial charge on any atom is -0.726 e. The van der Waals surface area contributed by atoms with E-state index in [1.54, 1.807) is 0 Å². The largest absolute Gasteiger partial charge is 1.00 e. The van der Waals surface area contributed by atoms with Crippen LogP contribution in [0.2, 0.25) is 0 Å². The molecule has 0 aliphatic rings. The van der Waals surface area contributed by atoms with Crippen molar-refractivity contribution in [3.63, 3.8) is 0 Å². The van der Waals surface area contributed by atoms with Gasteiger partial charge in [-0.25, -0.2) is 8.42 Å². The molecule has 1 atom stereocenters. The molecule has 6 heteroatoms. The van der Waals surface area contributed by atoms with Crippen molar-refractivity contribution >= 4 is 10.4 Å². The van der Waals surface area contributed by atoms with Gasteiger partial charge in [0.15, 0.2) is 0 Å². The molecule has 0 aliphatic heterocycles. The first-order chi connectivity index (χ1) is 20.5. The number of allylic oxidation sites excluding steroid dienone is 1. The summed E-state index contributed by atoms with van der Waals surface area (Å²) in [6.45, 7) is 4.54. The molecule has 0 N–H and O–H groups in total. The van der Waals surface area contributed by atoms with Gasteiger partial charge in [-0.3, -0.25) is 4.18 Å². The zero-order valence-corrected chi connectivity index (χ0v) is 33.3. The first-order valence-electron chi connectivity index (χ1n) is 18.8. The van der Waals surface area contributed by atoms with Gasteiger partial charge in [-0.1, -0.05) is 206 Å². The number of rotatable bonds is 35. The van der Waals surface area contributed by atoms with Crippen LogP contribution in [0.5, 0.6) is 0 Å². The van der Waals surface area contributed by atoms with Gasteiger partial charge in [0, 0.05) is 5.92 Å². The van der Waals surface area contributed by atoms with Crippen LogP contribution in [0.15, 0.2) is 12.2 Å². The Morgan fingerprint density at radius 2 is 0.814 bits per heavy atom. The number of hydrogen-bond acceptors (Lipinski definition) is 4. The van der Waals surface area contributed by atoms with E-state index >= 15 is 0 Å². The first-order valence-corrected chi connectivity index (χ1v) is 20.1. The van der Waals surface area contributed by atoms with Crippen LogP contribution in [0.1, 0.15) is 213 Å². The quantitative estimate of drug-likeness (QED) is 0.0225. The standard InChI is InChI=1S/C37H74O4S.K/c1-3-5-7-9-11-13-15-17-19-21-23-25-27-29-31-33-35-37(36-41-42(38,39)40)34-32-30-28-26-24-22-20-18-16-14-12-10-8-6-4-2;/h33,35,37H,3-32,34,36H2,1-2H3,(H,38,39,40);/q;+1/p-1/b35-33+;. The van der Waals surface area contributed by atoms with Crippen LogP contribution in [-0.4, -0.2) is 19.6 Å². The van der Waals surface area contributed by atoms with Gasteiger partial charge in [-0.15, -0.1) is 0 Å². The maximum atomic E-state index is 11.0. The van der Waals surface area contributed by atoms with Crippen LogP contribution in [0.3, 0.4) is 0 Å². The van der Waals surface area contributed by atoms with Crippen molar-refractivity contribution in [2.75, 3.05) is 6.61 Å². The normalized spacial score (nSPS) is 12.6. The topological polar surface area (TPSA) is 66.4 Å². The summed E-state index contributed by atoms with van der Waals surface area (Å²) in [6, 6.07) is 0. The molecule has 0 radical (unpaired) electrons. The molecule has 0 rings (SSSR count). The summed E-state index contributed by atoms with van der Waals surface area (Å²) < 4.78 is 37.5. The van der Waals surface area contributed by atoms with E-state index in [-0.39, 0.29) is 63.9 Å². The minimum absolute atomic E-state index is 0. The molecule has 0 aromatic heterocycles. The Labute approximate surface area is 313 Å². The fourth-order valence-electron chi connectivity index (χ4n) is 5.93. The van der Waals surface area contributed by atoms with Crippen LogP contribution in [0.4, 0.5) is 0 Å². The molecule has 0 saturated heterocycles. The van der Waals surface area contributed by atoms with Crippen LogP contribution >= 0.6 is 0 Å². The van der Waals surface area contributed by atoms with E-state index in [9.17, 15) is 13.0 Å². The molecule has 0 aliphatic carbocycles. The monoisotopic (exact) mass is 652 g/mol. The second-order valence-corrected chi connectivity index (χ2v) is 14.1. The summed E-state index contributed by atoms with van der Waals surface area (Å²) in [6.07, 6.45) is 45.3. The smallest absolute Gasteiger partial charge is 0.726 e.